The van der Waals surface area contributed by atoms with Crippen LogP contribution in [0.1, 0.15) is 5.82 Å². The molecule has 1 saturated heterocycles. The van der Waals surface area contributed by atoms with E-state index in [1.807, 2.05) is 29.2 Å². The van der Waals surface area contributed by atoms with Gasteiger partial charge in [0.25, 0.3) is 5.91 Å². The molecule has 1 aromatic heterocycles. The molecular formula is C21H23ClN6O3. The van der Waals surface area contributed by atoms with Gasteiger partial charge in [-0.1, -0.05) is 11.6 Å². The number of methoxy groups -OCH3 is 1. The van der Waals surface area contributed by atoms with Crippen molar-refractivity contribution in [1.82, 2.24) is 30.0 Å². The molecule has 162 valence electrons. The lowest BCUT2D eigenvalue weighted by Gasteiger charge is -2.34. The molecule has 0 radical (unpaired) electrons. The zero-order chi connectivity index (χ0) is 21.6. The molecule has 2 heterocycles. The highest BCUT2D eigenvalue weighted by atomic mass is 35.5. The Hall–Kier alpha value is -3.17. The standard InChI is InChI=1S/C21H23ClN6O3/c1-30-18-8-4-17(5-9-18)28-20(23-24-25-28)14-26-10-12-27(13-11-26)21(29)15-31-19-6-2-16(22)3-7-19/h2-9H,10-15H2,1H3. The van der Waals surface area contributed by atoms with Gasteiger partial charge in [-0.2, -0.15) is 4.68 Å². The highest BCUT2D eigenvalue weighted by Gasteiger charge is 2.23. The quantitative estimate of drug-likeness (QED) is 0.553. The fourth-order valence-corrected chi connectivity index (χ4v) is 3.48. The smallest absolute Gasteiger partial charge is 0.260 e. The number of piperazine rings is 1. The topological polar surface area (TPSA) is 85.6 Å². The van der Waals surface area contributed by atoms with Crippen LogP contribution in [0.2, 0.25) is 5.02 Å². The number of nitrogens with zero attached hydrogens (tertiary/aromatic N) is 6. The van der Waals surface area contributed by atoms with E-state index in [9.17, 15) is 4.79 Å². The number of rotatable bonds is 7. The summed E-state index contributed by atoms with van der Waals surface area (Å²) in [5, 5.41) is 12.7. The monoisotopic (exact) mass is 442 g/mol. The second kappa shape index (κ2) is 9.76. The molecular weight excluding hydrogens is 420 g/mol. The first-order chi connectivity index (χ1) is 15.1. The van der Waals surface area contributed by atoms with E-state index in [1.165, 1.54) is 0 Å². The lowest BCUT2D eigenvalue weighted by Crippen LogP contribution is -2.49. The first-order valence-electron chi connectivity index (χ1n) is 9.92. The fraction of sp³-hybridized carbons (Fsp3) is 0.333. The van der Waals surface area contributed by atoms with Crippen LogP contribution in [0.15, 0.2) is 48.5 Å². The van der Waals surface area contributed by atoms with Gasteiger partial charge in [0.05, 0.1) is 19.3 Å². The maximum Gasteiger partial charge on any atom is 0.260 e. The van der Waals surface area contributed by atoms with Gasteiger partial charge in [0.2, 0.25) is 0 Å². The molecule has 31 heavy (non-hydrogen) atoms. The molecule has 0 N–H and O–H groups in total. The van der Waals surface area contributed by atoms with Crippen LogP contribution in [0.4, 0.5) is 0 Å². The number of carbonyl (C=O) groups excluding carboxylic acids is 1. The Labute approximate surface area is 185 Å². The van der Waals surface area contributed by atoms with Crippen LogP contribution in [0, 0.1) is 0 Å². The molecule has 2 aromatic carbocycles. The van der Waals surface area contributed by atoms with Crippen molar-refractivity contribution < 1.29 is 14.3 Å². The van der Waals surface area contributed by atoms with Gasteiger partial charge in [-0.05, 0) is 59.0 Å². The highest BCUT2D eigenvalue weighted by molar-refractivity contribution is 6.30. The van der Waals surface area contributed by atoms with Gasteiger partial charge >= 0.3 is 0 Å². The fourth-order valence-electron chi connectivity index (χ4n) is 3.35. The van der Waals surface area contributed by atoms with Crippen molar-refractivity contribution in [2.75, 3.05) is 39.9 Å². The summed E-state index contributed by atoms with van der Waals surface area (Å²) in [5.41, 5.74) is 0.869. The van der Waals surface area contributed by atoms with Crippen molar-refractivity contribution in [2.45, 2.75) is 6.54 Å². The molecule has 4 rings (SSSR count). The van der Waals surface area contributed by atoms with Crippen LogP contribution < -0.4 is 9.47 Å². The van der Waals surface area contributed by atoms with Crippen LogP contribution in [-0.4, -0.2) is 75.8 Å². The van der Waals surface area contributed by atoms with Crippen LogP contribution in [0.3, 0.4) is 0 Å². The van der Waals surface area contributed by atoms with Gasteiger partial charge in [-0.15, -0.1) is 5.10 Å². The number of hydrogen-bond donors (Lipinski definition) is 0. The first kappa shape index (κ1) is 21.1. The van der Waals surface area contributed by atoms with Gasteiger partial charge < -0.3 is 14.4 Å². The lowest BCUT2D eigenvalue weighted by molar-refractivity contribution is -0.135. The lowest BCUT2D eigenvalue weighted by atomic mass is 10.3. The van der Waals surface area contributed by atoms with Gasteiger partial charge in [0, 0.05) is 31.2 Å². The second-order valence-corrected chi connectivity index (χ2v) is 7.54. The van der Waals surface area contributed by atoms with Crippen LogP contribution in [-0.2, 0) is 11.3 Å². The normalized spacial score (nSPS) is 14.5. The Morgan fingerprint density at radius 1 is 1.00 bits per heavy atom. The highest BCUT2D eigenvalue weighted by Crippen LogP contribution is 2.17. The maximum atomic E-state index is 12.5. The minimum Gasteiger partial charge on any atom is -0.497 e. The minimum atomic E-state index is -0.0299. The van der Waals surface area contributed by atoms with Crippen molar-refractivity contribution >= 4 is 17.5 Å². The predicted molar refractivity (Wildman–Crippen MR) is 115 cm³/mol. The Balaban J connectivity index is 1.28. The Morgan fingerprint density at radius 2 is 1.68 bits per heavy atom. The van der Waals surface area contributed by atoms with Gasteiger partial charge in [0.1, 0.15) is 11.5 Å². The van der Waals surface area contributed by atoms with Crippen molar-refractivity contribution in [3.8, 4) is 17.2 Å². The number of halogens is 1. The molecule has 0 atom stereocenters. The molecule has 1 aliphatic heterocycles. The van der Waals surface area contributed by atoms with Crippen LogP contribution in [0.25, 0.3) is 5.69 Å². The molecule has 9 nitrogen and oxygen atoms in total. The van der Waals surface area contributed by atoms with E-state index in [2.05, 4.69) is 20.4 Å². The van der Waals surface area contributed by atoms with E-state index in [0.717, 1.165) is 30.4 Å². The molecule has 10 heteroatoms. The zero-order valence-corrected chi connectivity index (χ0v) is 17.9. The second-order valence-electron chi connectivity index (χ2n) is 7.10. The molecule has 0 aliphatic carbocycles. The van der Waals surface area contributed by atoms with Crippen molar-refractivity contribution in [2.24, 2.45) is 0 Å². The van der Waals surface area contributed by atoms with E-state index < -0.39 is 0 Å². The summed E-state index contributed by atoms with van der Waals surface area (Å²) in [6.45, 7) is 3.35. The van der Waals surface area contributed by atoms with Gasteiger partial charge in [-0.3, -0.25) is 9.69 Å². The minimum absolute atomic E-state index is 0.0113. The third-order valence-corrected chi connectivity index (χ3v) is 5.37. The molecule has 0 unspecified atom stereocenters. The van der Waals surface area contributed by atoms with E-state index >= 15 is 0 Å². The van der Waals surface area contributed by atoms with E-state index in [0.29, 0.717) is 30.4 Å². The van der Waals surface area contributed by atoms with E-state index in [1.54, 1.807) is 36.1 Å². The number of carbonyl (C=O) groups is 1. The Bertz CT molecular complexity index is 1000. The number of benzene rings is 2. The summed E-state index contributed by atoms with van der Waals surface area (Å²) in [4.78, 5) is 16.5. The largest absolute Gasteiger partial charge is 0.497 e. The molecule has 0 spiro atoms. The molecule has 1 fully saturated rings. The van der Waals surface area contributed by atoms with E-state index in [4.69, 9.17) is 21.1 Å². The Morgan fingerprint density at radius 3 is 2.35 bits per heavy atom. The van der Waals surface area contributed by atoms with Crippen molar-refractivity contribution in [1.29, 1.82) is 0 Å². The maximum absolute atomic E-state index is 12.5. The average molecular weight is 443 g/mol. The average Bonchev–Trinajstić information content (AvgIpc) is 3.27. The summed E-state index contributed by atoms with van der Waals surface area (Å²) in [5.74, 6) is 2.12. The third kappa shape index (κ3) is 5.31. The molecule has 1 aliphatic rings. The molecule has 0 saturated carbocycles. The summed E-state index contributed by atoms with van der Waals surface area (Å²) in [7, 11) is 1.63. The number of hydrogen-bond acceptors (Lipinski definition) is 7. The molecule has 1 amide bonds. The SMILES string of the molecule is COc1ccc(-n2nnnc2CN2CCN(C(=O)COc3ccc(Cl)cc3)CC2)cc1. The number of ether oxygens (including phenoxy) is 2. The number of tetrazole rings is 1. The first-order valence-corrected chi connectivity index (χ1v) is 10.3. The van der Waals surface area contributed by atoms with Crippen LogP contribution >= 0.6 is 11.6 Å². The molecule has 0 bridgehead atoms. The van der Waals surface area contributed by atoms with Crippen LogP contribution in [0.5, 0.6) is 11.5 Å². The van der Waals surface area contributed by atoms with E-state index in [-0.39, 0.29) is 12.5 Å². The number of aromatic nitrogens is 4. The summed E-state index contributed by atoms with van der Waals surface area (Å²) in [6, 6.07) is 14.5. The summed E-state index contributed by atoms with van der Waals surface area (Å²) in [6.07, 6.45) is 0. The predicted octanol–water partition coefficient (Wildman–Crippen LogP) is 2.05. The summed E-state index contributed by atoms with van der Waals surface area (Å²) >= 11 is 5.86. The zero-order valence-electron chi connectivity index (χ0n) is 17.1. The van der Waals surface area contributed by atoms with Gasteiger partial charge in [-0.25, -0.2) is 0 Å². The third-order valence-electron chi connectivity index (χ3n) is 5.12. The number of amides is 1. The van der Waals surface area contributed by atoms with Crippen molar-refractivity contribution in [3.05, 3.63) is 59.4 Å². The molecule has 3 aromatic rings. The van der Waals surface area contributed by atoms with Crippen molar-refractivity contribution in [3.63, 3.8) is 0 Å². The van der Waals surface area contributed by atoms with Gasteiger partial charge in [0.15, 0.2) is 12.4 Å². The Kier molecular flexibility index (Phi) is 6.63. The summed E-state index contributed by atoms with van der Waals surface area (Å²) < 4.78 is 12.5.